The number of benzene rings is 1. The van der Waals surface area contributed by atoms with Crippen LogP contribution < -0.4 is 0 Å². The largest absolute Gasteiger partial charge is 0.481 e. The Morgan fingerprint density at radius 2 is 2.00 bits per heavy atom. The molecule has 4 nitrogen and oxygen atoms in total. The molecule has 0 aliphatic carbocycles. The molecule has 1 aromatic rings. The molecule has 0 radical (unpaired) electrons. The van der Waals surface area contributed by atoms with E-state index in [4.69, 9.17) is 16.7 Å². The van der Waals surface area contributed by atoms with Crippen LogP contribution in [0.4, 0.5) is 0 Å². The molecule has 1 aliphatic heterocycles. The molecule has 0 saturated carbocycles. The van der Waals surface area contributed by atoms with Crippen molar-refractivity contribution in [1.29, 1.82) is 0 Å². The van der Waals surface area contributed by atoms with E-state index in [1.54, 1.807) is 30.3 Å². The Morgan fingerprint density at radius 1 is 1.36 bits per heavy atom. The van der Waals surface area contributed by atoms with Crippen LogP contribution in [0, 0.1) is 0 Å². The van der Waals surface area contributed by atoms with Crippen molar-refractivity contribution in [2.45, 2.75) is 12.0 Å². The van der Waals surface area contributed by atoms with E-state index in [9.17, 15) is 9.59 Å². The number of hydrogen-bond acceptors (Lipinski definition) is 4. The van der Waals surface area contributed by atoms with Gasteiger partial charge in [-0.15, -0.1) is 11.8 Å². The fourth-order valence-electron chi connectivity index (χ4n) is 2.15. The molecule has 1 N–H and O–H groups in total. The van der Waals surface area contributed by atoms with Crippen LogP contribution in [-0.4, -0.2) is 38.8 Å². The first-order chi connectivity index (χ1) is 10.4. The highest BCUT2D eigenvalue weighted by Gasteiger charge is 2.37. The Kier molecular flexibility index (Phi) is 5.68. The predicted octanol–water partition coefficient (Wildman–Crippen LogP) is 3.87. The van der Waals surface area contributed by atoms with Gasteiger partial charge in [0.15, 0.2) is 0 Å². The smallest absolute Gasteiger partial charge is 0.306 e. The minimum absolute atomic E-state index is 0.128. The quantitative estimate of drug-likeness (QED) is 0.407. The number of carbonyl (C=O) groups is 2. The number of aliphatic imine (C=N–C) groups is 1. The van der Waals surface area contributed by atoms with Gasteiger partial charge in [-0.2, -0.15) is 0 Å². The first-order valence-corrected chi connectivity index (χ1v) is 9.49. The van der Waals surface area contributed by atoms with Crippen molar-refractivity contribution in [2.75, 3.05) is 10.7 Å². The molecule has 0 amide bonds. The first kappa shape index (κ1) is 17.5. The van der Waals surface area contributed by atoms with E-state index in [1.807, 2.05) is 6.26 Å². The number of carboxylic acid groups (broad SMARTS) is 1. The number of Topliss-reactive ketones (excluding diaryl/α,β-unsaturated/α-hetero) is 1. The summed E-state index contributed by atoms with van der Waals surface area (Å²) in [6.07, 6.45) is 3.51. The minimum atomic E-state index is -0.933. The molecular weight excluding hydrogens is 437 g/mol. The van der Waals surface area contributed by atoms with Crippen LogP contribution in [-0.2, 0) is 4.79 Å². The van der Waals surface area contributed by atoms with Crippen LogP contribution in [0.2, 0.25) is 5.02 Å². The van der Waals surface area contributed by atoms with Gasteiger partial charge < -0.3 is 5.11 Å². The number of nitrogens with zero attached hydrogens (tertiary/aromatic N) is 1. The molecule has 7 heteroatoms. The highest BCUT2D eigenvalue weighted by atomic mass is 127. The Morgan fingerprint density at radius 3 is 2.50 bits per heavy atom. The summed E-state index contributed by atoms with van der Waals surface area (Å²) in [5, 5.41) is 9.65. The van der Waals surface area contributed by atoms with Gasteiger partial charge >= 0.3 is 5.97 Å². The van der Waals surface area contributed by atoms with Gasteiger partial charge in [0, 0.05) is 19.9 Å². The molecule has 1 aromatic carbocycles. The van der Waals surface area contributed by atoms with Gasteiger partial charge in [-0.1, -0.05) is 34.2 Å². The van der Waals surface area contributed by atoms with Crippen LogP contribution >= 0.6 is 46.0 Å². The molecule has 1 heterocycles. The topological polar surface area (TPSA) is 66.7 Å². The number of rotatable bonds is 6. The van der Waals surface area contributed by atoms with Gasteiger partial charge in [-0.3, -0.25) is 14.6 Å². The maximum atomic E-state index is 12.6. The molecule has 1 aliphatic rings. The Bertz CT molecular complexity index is 672. The summed E-state index contributed by atoms with van der Waals surface area (Å²) < 4.78 is 0.499. The minimum Gasteiger partial charge on any atom is -0.481 e. The molecule has 0 aromatic heterocycles. The molecular formula is C15H13ClINO3S. The van der Waals surface area contributed by atoms with Crippen molar-refractivity contribution in [3.8, 4) is 0 Å². The molecule has 0 saturated heterocycles. The van der Waals surface area contributed by atoms with Gasteiger partial charge in [-0.05, 0) is 36.6 Å². The SMILES string of the molecule is CSC1=CC(CI)(CC(=O)O)N=C1C(=O)c1ccc(Cl)cc1. The van der Waals surface area contributed by atoms with E-state index in [0.29, 0.717) is 20.7 Å². The van der Waals surface area contributed by atoms with Crippen LogP contribution in [0.15, 0.2) is 40.2 Å². The lowest BCUT2D eigenvalue weighted by molar-refractivity contribution is -0.137. The number of aliphatic carboxylic acids is 1. The van der Waals surface area contributed by atoms with Crippen LogP contribution in [0.25, 0.3) is 0 Å². The molecule has 116 valence electrons. The normalized spacial score (nSPS) is 20.5. The van der Waals surface area contributed by atoms with Gasteiger partial charge in [0.25, 0.3) is 0 Å². The standard InChI is InChI=1S/C15H13ClINO3S/c1-22-11-6-15(8-17,7-12(19)20)18-13(11)14(21)9-2-4-10(16)5-3-9/h2-6H,7-8H2,1H3,(H,19,20). The van der Waals surface area contributed by atoms with Crippen molar-refractivity contribution >= 4 is 63.4 Å². The summed E-state index contributed by atoms with van der Waals surface area (Å²) >= 11 is 9.33. The maximum absolute atomic E-state index is 12.6. The molecule has 1 unspecified atom stereocenters. The highest BCUT2D eigenvalue weighted by Crippen LogP contribution is 2.34. The molecule has 2 rings (SSSR count). The average Bonchev–Trinajstić information content (AvgIpc) is 2.86. The molecule has 0 spiro atoms. The lowest BCUT2D eigenvalue weighted by atomic mass is 10.0. The lowest BCUT2D eigenvalue weighted by Crippen LogP contribution is -2.28. The third-order valence-corrected chi connectivity index (χ3v) is 5.52. The van der Waals surface area contributed by atoms with E-state index in [2.05, 4.69) is 27.6 Å². The fourth-order valence-corrected chi connectivity index (χ4v) is 3.60. The Labute approximate surface area is 151 Å². The van der Waals surface area contributed by atoms with E-state index in [-0.39, 0.29) is 12.2 Å². The van der Waals surface area contributed by atoms with Gasteiger partial charge in [0.1, 0.15) is 11.3 Å². The van der Waals surface area contributed by atoms with Crippen molar-refractivity contribution < 1.29 is 14.7 Å². The second-order valence-electron chi connectivity index (χ2n) is 4.82. The second kappa shape index (κ2) is 7.14. The zero-order valence-corrected chi connectivity index (χ0v) is 15.4. The summed E-state index contributed by atoms with van der Waals surface area (Å²) in [5.41, 5.74) is -0.0299. The number of alkyl halides is 1. The third-order valence-electron chi connectivity index (χ3n) is 3.20. The number of ketones is 1. The summed E-state index contributed by atoms with van der Waals surface area (Å²) in [4.78, 5) is 28.9. The number of halogens is 2. The number of carboxylic acids is 1. The number of carbonyl (C=O) groups excluding carboxylic acids is 1. The highest BCUT2D eigenvalue weighted by molar-refractivity contribution is 14.1. The summed E-state index contributed by atoms with van der Waals surface area (Å²) in [7, 11) is 0. The number of hydrogen-bond donors (Lipinski definition) is 1. The number of thioether (sulfide) groups is 1. The molecule has 0 bridgehead atoms. The Balaban J connectivity index is 2.40. The van der Waals surface area contributed by atoms with Gasteiger partial charge in [0.05, 0.1) is 6.42 Å². The first-order valence-electron chi connectivity index (χ1n) is 6.36. The van der Waals surface area contributed by atoms with Crippen molar-refractivity contribution in [3.63, 3.8) is 0 Å². The van der Waals surface area contributed by atoms with Crippen molar-refractivity contribution in [3.05, 3.63) is 45.8 Å². The van der Waals surface area contributed by atoms with Gasteiger partial charge in [0.2, 0.25) is 5.78 Å². The van der Waals surface area contributed by atoms with Crippen LogP contribution in [0.3, 0.4) is 0 Å². The monoisotopic (exact) mass is 449 g/mol. The zero-order chi connectivity index (χ0) is 16.3. The van der Waals surface area contributed by atoms with E-state index in [1.165, 1.54) is 11.8 Å². The maximum Gasteiger partial charge on any atom is 0.306 e. The Hall–Kier alpha value is -0.860. The van der Waals surface area contributed by atoms with Crippen LogP contribution in [0.5, 0.6) is 0 Å². The second-order valence-corrected chi connectivity index (χ2v) is 6.86. The van der Waals surface area contributed by atoms with Crippen LogP contribution in [0.1, 0.15) is 16.8 Å². The predicted molar refractivity (Wildman–Crippen MR) is 98.7 cm³/mol. The number of allylic oxidation sites excluding steroid dienone is 1. The van der Waals surface area contributed by atoms with Crippen molar-refractivity contribution in [2.24, 2.45) is 4.99 Å². The lowest BCUT2D eigenvalue weighted by Gasteiger charge is -2.18. The third kappa shape index (κ3) is 3.72. The zero-order valence-electron chi connectivity index (χ0n) is 11.7. The summed E-state index contributed by atoms with van der Waals surface area (Å²) in [6.45, 7) is 0. The van der Waals surface area contributed by atoms with E-state index < -0.39 is 11.5 Å². The summed E-state index contributed by atoms with van der Waals surface area (Å²) in [5.74, 6) is -1.15. The summed E-state index contributed by atoms with van der Waals surface area (Å²) in [6, 6.07) is 6.59. The molecule has 0 fully saturated rings. The van der Waals surface area contributed by atoms with Gasteiger partial charge in [-0.25, -0.2) is 0 Å². The van der Waals surface area contributed by atoms with E-state index >= 15 is 0 Å². The average molecular weight is 450 g/mol. The van der Waals surface area contributed by atoms with E-state index in [0.717, 1.165) is 4.91 Å². The molecule has 1 atom stereocenters. The van der Waals surface area contributed by atoms with Crippen molar-refractivity contribution in [1.82, 2.24) is 0 Å². The fraction of sp³-hybridized carbons (Fsp3) is 0.267. The molecule has 22 heavy (non-hydrogen) atoms.